The summed E-state index contributed by atoms with van der Waals surface area (Å²) in [6.45, 7) is 1.61. The Balaban J connectivity index is 1.14. The lowest BCUT2D eigenvalue weighted by Gasteiger charge is -2.40. The maximum atomic E-state index is 15.7. The number of primary amides is 1. The molecule has 0 unspecified atom stereocenters. The fraction of sp³-hybridized carbons (Fsp3) is 0.467. The second-order valence-electron chi connectivity index (χ2n) is 33.6. The summed E-state index contributed by atoms with van der Waals surface area (Å²) in [4.78, 5) is 258. The number of aliphatic carboxylic acids is 2. The molecule has 6 aromatic rings. The number of phenolic OH excluding ortho intramolecular Hbond substituents is 1. The molecule has 3 saturated heterocycles. The molecule has 3 aliphatic rings. The SMILES string of the molecule is CCCC[C@H]1C(=O)N2CCOC[C@@H]2C(=O)N[C@@H](CC(=O)O)C(=O)N[C@@H](C(C)C)C(=O)N(C)[C@@H](Cc2ccccc2)C(=O)N[C@@H](CCC(=O)O)C(=O)N2CCOC[C@@H]2C(=O)N[C@@H](Cc2c[nH]c3ccccc23)C(=O)N[C@@H](Cc2ccc(O)cc2)C(=O)N[C@@H](CCCN)C(=O)N[C@H](C(=O)NCC(N)=O)CSCC(=O)N[C@@H](Cc2cc(F)c(F)c(F)c2)C(=O)N(C)[C@@H](Cc2ccccc2)C(=O)N1C. The van der Waals surface area contributed by atoms with Crippen LogP contribution in [0.4, 0.5) is 13.2 Å². The van der Waals surface area contributed by atoms with Crippen molar-refractivity contribution in [2.45, 2.75) is 183 Å². The van der Waals surface area contributed by atoms with E-state index in [1.165, 1.54) is 59.3 Å². The lowest BCUT2D eigenvalue weighted by Crippen LogP contribution is -2.64. The van der Waals surface area contributed by atoms with Crippen molar-refractivity contribution in [2.75, 3.05) is 85.3 Å². The minimum Gasteiger partial charge on any atom is -0.508 e. The molecule has 0 saturated carbocycles. The summed E-state index contributed by atoms with van der Waals surface area (Å²) in [5, 5.41) is 54.6. The normalized spacial score (nSPS) is 23.5. The van der Waals surface area contributed by atoms with Crippen molar-refractivity contribution in [1.29, 1.82) is 0 Å². The Hall–Kier alpha value is -13.6. The monoisotopic (exact) mass is 1900 g/mol. The summed E-state index contributed by atoms with van der Waals surface area (Å²) in [7, 11) is 3.62. The van der Waals surface area contributed by atoms with Gasteiger partial charge in [0.15, 0.2) is 17.5 Å². The molecule has 4 heterocycles. The molecule has 3 aliphatic heterocycles. The quantitative estimate of drug-likeness (QED) is 0.0333. The summed E-state index contributed by atoms with van der Waals surface area (Å²) in [6, 6.07) is 7.33. The van der Waals surface area contributed by atoms with E-state index in [-0.39, 0.29) is 89.1 Å². The first-order chi connectivity index (χ1) is 64.4. The zero-order chi connectivity index (χ0) is 98.4. The Kier molecular flexibility index (Phi) is 39.3. The number of aromatic nitrogens is 1. The van der Waals surface area contributed by atoms with Crippen LogP contribution in [-0.4, -0.2) is 309 Å². The van der Waals surface area contributed by atoms with Crippen LogP contribution in [0.5, 0.6) is 5.75 Å². The van der Waals surface area contributed by atoms with Crippen molar-refractivity contribution in [1.82, 2.24) is 77.3 Å². The fourth-order valence-corrected chi connectivity index (χ4v) is 16.8. The van der Waals surface area contributed by atoms with Crippen LogP contribution in [0.15, 0.2) is 128 Å². The van der Waals surface area contributed by atoms with Gasteiger partial charge in [-0.2, -0.15) is 0 Å². The molecule has 39 nitrogen and oxygen atoms in total. The minimum atomic E-state index is -2.04. The van der Waals surface area contributed by atoms with Gasteiger partial charge in [-0.1, -0.05) is 125 Å². The largest absolute Gasteiger partial charge is 0.508 e. The van der Waals surface area contributed by atoms with Crippen molar-refractivity contribution in [3.63, 3.8) is 0 Å². The number of nitrogens with one attached hydrogen (secondary N) is 10. The number of aromatic amines is 1. The molecular weight excluding hydrogens is 1780 g/mol. The number of benzene rings is 5. The number of halogens is 3. The van der Waals surface area contributed by atoms with E-state index >= 15 is 51.9 Å². The number of carbonyl (C=O) groups is 17. The summed E-state index contributed by atoms with van der Waals surface area (Å²) in [5.74, 6) is -26.5. The molecule has 0 radical (unpaired) electrons. The standard InChI is InChI=1S/C92H116F3N17O22S/c1-7-8-25-69-91(131)112-34-36-134-48-73(112)87(127)105-66(44-77(118)119)84(124)107-79(51(2)3)92(132)109(5)70(41-52-18-11-9-12-19-52)85(125)102-63(30-31-76(116)117)89(129)111-33-35-133-47-72(111)86(126)104-65(43-56-45-98-61-23-16-15-22-58(56)61)83(123)103-64(39-54-26-28-57(113)29-27-54)82(122)101-62(24-17-32-96)81(121)106-68(80(120)99-46-74(97)114)49-135-50-75(115)100-67(40-55-37-59(93)78(95)60(94)38-55)88(128)110(6)71(90(130)108(69)4)42-53-20-13-10-14-21-53/h9-16,18-23,26-29,37-38,45,51,62-73,79,98,113H,7-8,17,24-25,30-36,39-44,46-50,96H2,1-6H3,(H2,97,114)(H,99,120)(H,100,115)(H,101,122)(H,102,125)(H,103,123)(H,104,126)(H,105,127)(H,106,121)(H,107,124)(H,116,117)(H,118,119)/t62-,63-,64-,65-,66-,67-,68-,69-,70-,71-,72+,73+,79-/m0/s1. The fourth-order valence-electron chi connectivity index (χ4n) is 15.9. The Morgan fingerprint density at radius 1 is 0.519 bits per heavy atom. The van der Waals surface area contributed by atoms with Crippen molar-refractivity contribution in [3.8, 4) is 5.75 Å². The van der Waals surface area contributed by atoms with Gasteiger partial charge in [-0.15, -0.1) is 11.8 Å². The number of nitrogens with zero attached hydrogens (tertiary/aromatic N) is 5. The number of H-pyrrole nitrogens is 1. The minimum absolute atomic E-state index is 0.00460. The van der Waals surface area contributed by atoms with E-state index in [4.69, 9.17) is 20.9 Å². The van der Waals surface area contributed by atoms with E-state index in [0.717, 1.165) is 24.5 Å². The van der Waals surface area contributed by atoms with E-state index in [1.807, 2.05) is 0 Å². The van der Waals surface area contributed by atoms with E-state index < -0.39 is 266 Å². The Bertz CT molecular complexity index is 5220. The number of unbranched alkanes of at least 4 members (excludes halogenated alkanes) is 1. The van der Waals surface area contributed by atoms with Gasteiger partial charge in [0.1, 0.15) is 84.3 Å². The third-order valence-corrected chi connectivity index (χ3v) is 24.4. The lowest BCUT2D eigenvalue weighted by atomic mass is 9.98. The van der Waals surface area contributed by atoms with Gasteiger partial charge >= 0.3 is 11.9 Å². The van der Waals surface area contributed by atoms with Gasteiger partial charge in [0.2, 0.25) is 88.6 Å². The molecule has 13 atom stereocenters. The number of likely N-dealkylation sites (N-methyl/N-ethyl adjacent to an activating group) is 3. The molecular formula is C92H116F3N17O22S. The van der Waals surface area contributed by atoms with Crippen LogP contribution < -0.4 is 59.3 Å². The van der Waals surface area contributed by atoms with E-state index in [0.29, 0.717) is 63.5 Å². The highest BCUT2D eigenvalue weighted by Crippen LogP contribution is 2.27. The molecule has 5 aromatic carbocycles. The molecule has 15 amide bonds. The number of carbonyl (C=O) groups excluding carboxylic acids is 15. The second kappa shape index (κ2) is 50.5. The molecule has 17 N–H and O–H groups in total. The number of rotatable bonds is 25. The van der Waals surface area contributed by atoms with Gasteiger partial charge < -0.3 is 114 Å². The van der Waals surface area contributed by atoms with Crippen molar-refractivity contribution in [2.24, 2.45) is 17.4 Å². The molecule has 135 heavy (non-hydrogen) atoms. The Morgan fingerprint density at radius 3 is 1.62 bits per heavy atom. The van der Waals surface area contributed by atoms with Crippen LogP contribution in [0.25, 0.3) is 10.9 Å². The molecule has 0 spiro atoms. The number of hydrogen-bond acceptors (Lipinski definition) is 22. The third kappa shape index (κ3) is 29.7. The zero-order valence-electron chi connectivity index (χ0n) is 75.5. The number of hydrogen-bond donors (Lipinski definition) is 15. The number of carboxylic acids is 2. The molecule has 728 valence electrons. The Labute approximate surface area is 780 Å². The highest BCUT2D eigenvalue weighted by Gasteiger charge is 2.46. The number of para-hydroxylation sites is 1. The molecule has 3 fully saturated rings. The summed E-state index contributed by atoms with van der Waals surface area (Å²) in [5.41, 5.74) is 13.2. The number of amides is 15. The van der Waals surface area contributed by atoms with Gasteiger partial charge in [-0.25, -0.2) is 13.2 Å². The smallest absolute Gasteiger partial charge is 0.305 e. The predicted molar refractivity (Wildman–Crippen MR) is 483 cm³/mol. The summed E-state index contributed by atoms with van der Waals surface area (Å²) in [6.07, 6.45) is -2.88. The third-order valence-electron chi connectivity index (χ3n) is 23.4. The first kappa shape index (κ1) is 105. The van der Waals surface area contributed by atoms with Crippen LogP contribution in [0, 0.1) is 23.4 Å². The highest BCUT2D eigenvalue weighted by molar-refractivity contribution is 8.00. The van der Waals surface area contributed by atoms with Gasteiger partial charge in [-0.05, 0) is 96.3 Å². The average Bonchev–Trinajstić information content (AvgIpc) is 1.16. The maximum Gasteiger partial charge on any atom is 0.305 e. The molecule has 0 bridgehead atoms. The number of phenols is 1. The topological polar surface area (TPSA) is 562 Å². The second-order valence-corrected chi connectivity index (χ2v) is 34.6. The van der Waals surface area contributed by atoms with Crippen molar-refractivity contribution < 1.29 is 119 Å². The van der Waals surface area contributed by atoms with Crippen molar-refractivity contribution in [3.05, 3.63) is 173 Å². The summed E-state index contributed by atoms with van der Waals surface area (Å²) < 4.78 is 56.7. The van der Waals surface area contributed by atoms with E-state index in [2.05, 4.69) is 52.8 Å². The highest BCUT2D eigenvalue weighted by atomic mass is 32.2. The molecule has 43 heteroatoms. The van der Waals surface area contributed by atoms with Crippen molar-refractivity contribution >= 4 is 123 Å². The molecule has 9 rings (SSSR count). The van der Waals surface area contributed by atoms with Crippen LogP contribution in [-0.2, 0) is 123 Å². The number of ether oxygens (including phenoxy) is 2. The van der Waals surface area contributed by atoms with Crippen LogP contribution in [0.3, 0.4) is 0 Å². The number of morpholine rings is 2. The number of fused-ring (bicyclic) bond motifs is 3. The van der Waals surface area contributed by atoms with Crippen LogP contribution in [0.1, 0.15) is 100.0 Å². The van der Waals surface area contributed by atoms with Gasteiger partial charge in [0.25, 0.3) is 0 Å². The van der Waals surface area contributed by atoms with E-state index in [9.17, 15) is 58.1 Å². The molecule has 1 aromatic heterocycles. The van der Waals surface area contributed by atoms with Gasteiger partial charge in [0.05, 0.1) is 45.1 Å². The zero-order valence-corrected chi connectivity index (χ0v) is 76.3. The lowest BCUT2D eigenvalue weighted by molar-refractivity contribution is -0.158. The van der Waals surface area contributed by atoms with E-state index in [1.54, 1.807) is 98.0 Å². The number of carboxylic acid groups (broad SMARTS) is 2. The predicted octanol–water partition coefficient (Wildman–Crippen LogP) is -0.109. The first-order valence-corrected chi connectivity index (χ1v) is 45.3. The molecule has 0 aliphatic carbocycles. The maximum absolute atomic E-state index is 15.7. The summed E-state index contributed by atoms with van der Waals surface area (Å²) >= 11 is 0.639. The number of aromatic hydroxyl groups is 1. The Morgan fingerprint density at radius 2 is 1.04 bits per heavy atom. The number of thioether (sulfide) groups is 1. The number of nitrogens with two attached hydrogens (primary N) is 2. The van der Waals surface area contributed by atoms with Crippen LogP contribution in [0.2, 0.25) is 0 Å². The van der Waals surface area contributed by atoms with Crippen LogP contribution >= 0.6 is 11.8 Å². The average molecular weight is 1900 g/mol. The first-order valence-electron chi connectivity index (χ1n) is 44.2. The van der Waals surface area contributed by atoms with Gasteiger partial charge in [0, 0.05) is 95.6 Å². The van der Waals surface area contributed by atoms with Gasteiger partial charge in [-0.3, -0.25) is 81.5 Å².